The van der Waals surface area contributed by atoms with Crippen LogP contribution in [0.15, 0.2) is 29.3 Å². The summed E-state index contributed by atoms with van der Waals surface area (Å²) < 4.78 is 12.7. The van der Waals surface area contributed by atoms with Gasteiger partial charge in [-0.1, -0.05) is 13.8 Å². The Morgan fingerprint density at radius 1 is 1.38 bits per heavy atom. The van der Waals surface area contributed by atoms with E-state index in [1.165, 1.54) is 12.1 Å². The van der Waals surface area contributed by atoms with Crippen molar-refractivity contribution < 1.29 is 4.39 Å². The SMILES string of the molecule is CC(C)CN=C(NN)Nc1ccc(F)cc1. The average molecular weight is 224 g/mol. The number of nitrogens with two attached hydrogens (primary N) is 1. The maximum atomic E-state index is 12.7. The first-order valence-electron chi connectivity index (χ1n) is 5.15. The van der Waals surface area contributed by atoms with Crippen LogP contribution >= 0.6 is 0 Å². The lowest BCUT2D eigenvalue weighted by Crippen LogP contribution is -2.36. The van der Waals surface area contributed by atoms with Gasteiger partial charge in [0.15, 0.2) is 0 Å². The molecule has 5 heteroatoms. The molecule has 0 amide bonds. The summed E-state index contributed by atoms with van der Waals surface area (Å²) in [4.78, 5) is 4.24. The van der Waals surface area contributed by atoms with Gasteiger partial charge in [0.25, 0.3) is 0 Å². The Morgan fingerprint density at radius 2 is 2.00 bits per heavy atom. The molecule has 0 saturated heterocycles. The second-order valence-corrected chi connectivity index (χ2v) is 3.86. The van der Waals surface area contributed by atoms with Crippen LogP contribution < -0.4 is 16.6 Å². The molecule has 1 rings (SSSR count). The molecule has 4 N–H and O–H groups in total. The Bertz CT molecular complexity index is 346. The molecule has 0 aliphatic rings. The zero-order valence-electron chi connectivity index (χ0n) is 9.50. The van der Waals surface area contributed by atoms with E-state index in [4.69, 9.17) is 5.84 Å². The van der Waals surface area contributed by atoms with Crippen LogP contribution in [0.2, 0.25) is 0 Å². The molecule has 16 heavy (non-hydrogen) atoms. The van der Waals surface area contributed by atoms with Gasteiger partial charge in [-0.25, -0.2) is 10.2 Å². The number of hydrazine groups is 1. The lowest BCUT2D eigenvalue weighted by molar-refractivity contribution is 0.628. The zero-order valence-corrected chi connectivity index (χ0v) is 9.50. The zero-order chi connectivity index (χ0) is 12.0. The lowest BCUT2D eigenvalue weighted by atomic mass is 10.2. The summed E-state index contributed by atoms with van der Waals surface area (Å²) in [7, 11) is 0. The van der Waals surface area contributed by atoms with Crippen molar-refractivity contribution in [1.82, 2.24) is 5.43 Å². The summed E-state index contributed by atoms with van der Waals surface area (Å²) in [5.41, 5.74) is 3.20. The van der Waals surface area contributed by atoms with Gasteiger partial charge in [0.1, 0.15) is 5.82 Å². The highest BCUT2D eigenvalue weighted by atomic mass is 19.1. The molecule has 0 radical (unpaired) electrons. The fourth-order valence-corrected chi connectivity index (χ4v) is 1.07. The second-order valence-electron chi connectivity index (χ2n) is 3.86. The molecule has 0 aromatic heterocycles. The topological polar surface area (TPSA) is 62.4 Å². The number of guanidine groups is 1. The van der Waals surface area contributed by atoms with Gasteiger partial charge in [0.05, 0.1) is 0 Å². The first-order chi connectivity index (χ1) is 7.61. The number of halogens is 1. The third kappa shape index (κ3) is 4.27. The van der Waals surface area contributed by atoms with E-state index in [9.17, 15) is 4.39 Å². The predicted molar refractivity (Wildman–Crippen MR) is 64.5 cm³/mol. The molecule has 0 fully saturated rings. The van der Waals surface area contributed by atoms with E-state index in [1.807, 2.05) is 0 Å². The molecule has 0 spiro atoms. The van der Waals surface area contributed by atoms with Crippen LogP contribution in [-0.4, -0.2) is 12.5 Å². The van der Waals surface area contributed by atoms with Gasteiger partial charge >= 0.3 is 0 Å². The van der Waals surface area contributed by atoms with E-state index in [2.05, 4.69) is 29.6 Å². The molecule has 0 atom stereocenters. The van der Waals surface area contributed by atoms with Crippen molar-refractivity contribution in [1.29, 1.82) is 0 Å². The summed E-state index contributed by atoms with van der Waals surface area (Å²) in [6, 6.07) is 5.99. The van der Waals surface area contributed by atoms with E-state index in [1.54, 1.807) is 12.1 Å². The maximum absolute atomic E-state index is 12.7. The van der Waals surface area contributed by atoms with Gasteiger partial charge in [-0.3, -0.25) is 10.4 Å². The van der Waals surface area contributed by atoms with Crippen molar-refractivity contribution >= 4 is 11.6 Å². The average Bonchev–Trinajstić information content (AvgIpc) is 2.26. The van der Waals surface area contributed by atoms with Crippen molar-refractivity contribution in [3.63, 3.8) is 0 Å². The van der Waals surface area contributed by atoms with Gasteiger partial charge in [0.2, 0.25) is 5.96 Å². The largest absolute Gasteiger partial charge is 0.325 e. The summed E-state index contributed by atoms with van der Waals surface area (Å²) in [6.45, 7) is 4.80. The molecule has 88 valence electrons. The summed E-state index contributed by atoms with van der Waals surface area (Å²) in [5.74, 6) is 5.98. The number of rotatable bonds is 3. The number of hydrogen-bond donors (Lipinski definition) is 3. The minimum atomic E-state index is -0.271. The molecular weight excluding hydrogens is 207 g/mol. The van der Waals surface area contributed by atoms with Gasteiger partial charge in [-0.15, -0.1) is 0 Å². The van der Waals surface area contributed by atoms with Gasteiger partial charge in [-0.2, -0.15) is 0 Å². The van der Waals surface area contributed by atoms with Crippen LogP contribution in [0.4, 0.5) is 10.1 Å². The van der Waals surface area contributed by atoms with Crippen molar-refractivity contribution in [2.24, 2.45) is 16.8 Å². The highest BCUT2D eigenvalue weighted by molar-refractivity contribution is 5.93. The van der Waals surface area contributed by atoms with Crippen molar-refractivity contribution in [2.75, 3.05) is 11.9 Å². The number of hydrogen-bond acceptors (Lipinski definition) is 2. The molecule has 4 nitrogen and oxygen atoms in total. The van der Waals surface area contributed by atoms with Crippen LogP contribution in [0.3, 0.4) is 0 Å². The molecule has 0 aliphatic heterocycles. The van der Waals surface area contributed by atoms with Crippen molar-refractivity contribution in [2.45, 2.75) is 13.8 Å². The van der Waals surface area contributed by atoms with Crippen LogP contribution in [0.5, 0.6) is 0 Å². The first-order valence-corrected chi connectivity index (χ1v) is 5.15. The fraction of sp³-hybridized carbons (Fsp3) is 0.364. The van der Waals surface area contributed by atoms with E-state index in [-0.39, 0.29) is 5.82 Å². The van der Waals surface area contributed by atoms with Gasteiger partial charge < -0.3 is 5.32 Å². The van der Waals surface area contributed by atoms with Crippen molar-refractivity contribution in [3.05, 3.63) is 30.1 Å². The first kappa shape index (κ1) is 12.4. The van der Waals surface area contributed by atoms with Crippen LogP contribution in [0.1, 0.15) is 13.8 Å². The highest BCUT2D eigenvalue weighted by Gasteiger charge is 1.99. The predicted octanol–water partition coefficient (Wildman–Crippen LogP) is 1.71. The quantitative estimate of drug-likeness (QED) is 0.317. The Kier molecular flexibility index (Phi) is 4.72. The van der Waals surface area contributed by atoms with E-state index < -0.39 is 0 Å². The Hall–Kier alpha value is -1.62. The third-order valence-electron chi connectivity index (χ3n) is 1.86. The van der Waals surface area contributed by atoms with E-state index in [0.29, 0.717) is 18.4 Å². The van der Waals surface area contributed by atoms with Crippen LogP contribution in [0, 0.1) is 11.7 Å². The Morgan fingerprint density at radius 3 is 2.50 bits per heavy atom. The molecule has 0 heterocycles. The van der Waals surface area contributed by atoms with Gasteiger partial charge in [-0.05, 0) is 30.2 Å². The van der Waals surface area contributed by atoms with Crippen LogP contribution in [-0.2, 0) is 0 Å². The normalized spacial score (nSPS) is 11.7. The summed E-state index contributed by atoms with van der Waals surface area (Å²) in [6.07, 6.45) is 0. The molecule has 0 aliphatic carbocycles. The smallest absolute Gasteiger partial charge is 0.210 e. The van der Waals surface area contributed by atoms with Gasteiger partial charge in [0, 0.05) is 12.2 Å². The Balaban J connectivity index is 2.62. The molecule has 0 saturated carbocycles. The second kappa shape index (κ2) is 6.07. The fourth-order valence-electron chi connectivity index (χ4n) is 1.07. The summed E-state index contributed by atoms with van der Waals surface area (Å²) in [5, 5.41) is 2.96. The minimum absolute atomic E-state index is 0.271. The number of anilines is 1. The van der Waals surface area contributed by atoms with Crippen LogP contribution in [0.25, 0.3) is 0 Å². The molecule has 0 unspecified atom stereocenters. The number of benzene rings is 1. The monoisotopic (exact) mass is 224 g/mol. The Labute approximate surface area is 94.7 Å². The van der Waals surface area contributed by atoms with Crippen molar-refractivity contribution in [3.8, 4) is 0 Å². The highest BCUT2D eigenvalue weighted by Crippen LogP contribution is 2.07. The lowest BCUT2D eigenvalue weighted by Gasteiger charge is -2.09. The minimum Gasteiger partial charge on any atom is -0.325 e. The standard InChI is InChI=1S/C11H17FN4/c1-8(2)7-14-11(16-13)15-10-5-3-9(12)4-6-10/h3-6,8H,7,13H2,1-2H3,(H2,14,15,16). The van der Waals surface area contributed by atoms with E-state index >= 15 is 0 Å². The summed E-state index contributed by atoms with van der Waals surface area (Å²) >= 11 is 0. The number of nitrogens with zero attached hydrogens (tertiary/aromatic N) is 1. The number of nitrogens with one attached hydrogen (secondary N) is 2. The molecule has 1 aromatic rings. The maximum Gasteiger partial charge on any atom is 0.210 e. The van der Waals surface area contributed by atoms with E-state index in [0.717, 1.165) is 5.69 Å². The molecule has 0 bridgehead atoms. The third-order valence-corrected chi connectivity index (χ3v) is 1.86. The number of aliphatic imine (C=N–C) groups is 1. The molecular formula is C11H17FN4. The molecule has 1 aromatic carbocycles.